The van der Waals surface area contributed by atoms with Crippen molar-refractivity contribution in [2.24, 2.45) is 5.73 Å². The van der Waals surface area contributed by atoms with E-state index in [0.29, 0.717) is 0 Å². The standard InChI is InChI=1S/C14H22N2OS/c1-3-9-16-12(14(15)17)8-10-18-13-7-5-4-6-11(13)2/h4-7,12,16H,3,8-10H2,1-2H3,(H2,15,17). The molecule has 4 heteroatoms. The summed E-state index contributed by atoms with van der Waals surface area (Å²) < 4.78 is 0. The summed E-state index contributed by atoms with van der Waals surface area (Å²) in [5.41, 5.74) is 6.65. The second-order valence-corrected chi connectivity index (χ2v) is 5.45. The lowest BCUT2D eigenvalue weighted by molar-refractivity contribution is -0.120. The molecule has 3 N–H and O–H groups in total. The van der Waals surface area contributed by atoms with E-state index in [0.717, 1.165) is 25.1 Å². The Morgan fingerprint density at radius 3 is 2.78 bits per heavy atom. The Balaban J connectivity index is 2.39. The summed E-state index contributed by atoms with van der Waals surface area (Å²) in [5.74, 6) is 0.642. The minimum Gasteiger partial charge on any atom is -0.368 e. The van der Waals surface area contributed by atoms with Gasteiger partial charge in [-0.3, -0.25) is 4.79 Å². The van der Waals surface area contributed by atoms with Crippen molar-refractivity contribution in [2.75, 3.05) is 12.3 Å². The highest BCUT2D eigenvalue weighted by atomic mass is 32.2. The van der Waals surface area contributed by atoms with Gasteiger partial charge in [-0.25, -0.2) is 0 Å². The summed E-state index contributed by atoms with van der Waals surface area (Å²) in [6.45, 7) is 5.01. The van der Waals surface area contributed by atoms with Gasteiger partial charge in [0.05, 0.1) is 6.04 Å². The first-order valence-electron chi connectivity index (χ1n) is 6.36. The van der Waals surface area contributed by atoms with Crippen molar-refractivity contribution >= 4 is 17.7 Å². The van der Waals surface area contributed by atoms with Crippen molar-refractivity contribution in [3.05, 3.63) is 29.8 Å². The Morgan fingerprint density at radius 1 is 1.44 bits per heavy atom. The zero-order valence-electron chi connectivity index (χ0n) is 11.1. The molecule has 0 spiro atoms. The number of hydrogen-bond acceptors (Lipinski definition) is 3. The fourth-order valence-electron chi connectivity index (χ4n) is 1.67. The van der Waals surface area contributed by atoms with Gasteiger partial charge in [0.25, 0.3) is 0 Å². The van der Waals surface area contributed by atoms with E-state index in [1.54, 1.807) is 11.8 Å². The number of nitrogens with one attached hydrogen (secondary N) is 1. The van der Waals surface area contributed by atoms with Gasteiger partial charge in [-0.05, 0) is 37.9 Å². The number of benzene rings is 1. The highest BCUT2D eigenvalue weighted by Crippen LogP contribution is 2.22. The van der Waals surface area contributed by atoms with Crippen molar-refractivity contribution in [1.29, 1.82) is 0 Å². The minimum absolute atomic E-state index is 0.207. The lowest BCUT2D eigenvalue weighted by Crippen LogP contribution is -2.41. The highest BCUT2D eigenvalue weighted by molar-refractivity contribution is 7.99. The molecule has 3 nitrogen and oxygen atoms in total. The van der Waals surface area contributed by atoms with Gasteiger partial charge >= 0.3 is 0 Å². The summed E-state index contributed by atoms with van der Waals surface area (Å²) in [6.07, 6.45) is 1.78. The van der Waals surface area contributed by atoms with E-state index in [1.165, 1.54) is 10.5 Å². The Labute approximate surface area is 114 Å². The fourth-order valence-corrected chi connectivity index (χ4v) is 2.71. The van der Waals surface area contributed by atoms with Crippen molar-refractivity contribution < 1.29 is 4.79 Å². The fraction of sp³-hybridized carbons (Fsp3) is 0.500. The predicted octanol–water partition coefficient (Wildman–Crippen LogP) is 2.33. The van der Waals surface area contributed by atoms with Crippen LogP contribution in [0.4, 0.5) is 0 Å². The molecule has 1 unspecified atom stereocenters. The zero-order valence-corrected chi connectivity index (χ0v) is 11.9. The number of carbonyl (C=O) groups is 1. The van der Waals surface area contributed by atoms with Crippen LogP contribution in [0, 0.1) is 6.92 Å². The number of rotatable bonds is 8. The molecule has 0 aliphatic carbocycles. The summed E-state index contributed by atoms with van der Waals surface area (Å²) in [5, 5.41) is 3.18. The molecule has 1 aromatic rings. The number of amides is 1. The van der Waals surface area contributed by atoms with Crippen LogP contribution in [-0.4, -0.2) is 24.2 Å². The topological polar surface area (TPSA) is 55.1 Å². The van der Waals surface area contributed by atoms with Gasteiger partial charge in [-0.1, -0.05) is 25.1 Å². The van der Waals surface area contributed by atoms with E-state index in [-0.39, 0.29) is 11.9 Å². The van der Waals surface area contributed by atoms with Crippen molar-refractivity contribution in [3.8, 4) is 0 Å². The van der Waals surface area contributed by atoms with E-state index in [2.05, 4.69) is 31.3 Å². The van der Waals surface area contributed by atoms with Crippen LogP contribution in [0.15, 0.2) is 29.2 Å². The molecule has 100 valence electrons. The maximum atomic E-state index is 11.3. The van der Waals surface area contributed by atoms with Gasteiger partial charge in [0.2, 0.25) is 5.91 Å². The monoisotopic (exact) mass is 266 g/mol. The highest BCUT2D eigenvalue weighted by Gasteiger charge is 2.13. The van der Waals surface area contributed by atoms with Crippen LogP contribution < -0.4 is 11.1 Å². The molecule has 0 heterocycles. The van der Waals surface area contributed by atoms with Crippen LogP contribution in [0.1, 0.15) is 25.3 Å². The molecule has 0 radical (unpaired) electrons. The van der Waals surface area contributed by atoms with Crippen LogP contribution >= 0.6 is 11.8 Å². The van der Waals surface area contributed by atoms with Crippen LogP contribution in [0.25, 0.3) is 0 Å². The van der Waals surface area contributed by atoms with Crippen molar-refractivity contribution in [1.82, 2.24) is 5.32 Å². The Hall–Kier alpha value is -1.00. The Morgan fingerprint density at radius 2 is 2.17 bits per heavy atom. The first kappa shape index (κ1) is 15.1. The zero-order chi connectivity index (χ0) is 13.4. The Kier molecular flexibility index (Phi) is 6.83. The maximum absolute atomic E-state index is 11.3. The lowest BCUT2D eigenvalue weighted by atomic mass is 10.2. The van der Waals surface area contributed by atoms with E-state index in [1.807, 2.05) is 12.1 Å². The predicted molar refractivity (Wildman–Crippen MR) is 77.8 cm³/mol. The maximum Gasteiger partial charge on any atom is 0.234 e. The molecular formula is C14H22N2OS. The second-order valence-electron chi connectivity index (χ2n) is 4.31. The molecule has 0 aromatic heterocycles. The van der Waals surface area contributed by atoms with Gasteiger partial charge in [-0.2, -0.15) is 0 Å². The molecule has 0 aliphatic heterocycles. The van der Waals surface area contributed by atoms with E-state index in [4.69, 9.17) is 5.73 Å². The molecule has 0 aliphatic rings. The van der Waals surface area contributed by atoms with Crippen LogP contribution in [-0.2, 0) is 4.79 Å². The van der Waals surface area contributed by atoms with Gasteiger partial charge in [0.15, 0.2) is 0 Å². The molecule has 0 saturated heterocycles. The van der Waals surface area contributed by atoms with E-state index < -0.39 is 0 Å². The minimum atomic E-state index is -0.256. The quantitative estimate of drug-likeness (QED) is 0.710. The Bertz CT molecular complexity index is 382. The second kappa shape index (κ2) is 8.16. The largest absolute Gasteiger partial charge is 0.368 e. The lowest BCUT2D eigenvalue weighted by Gasteiger charge is -2.14. The molecule has 1 rings (SSSR count). The SMILES string of the molecule is CCCNC(CCSc1ccccc1C)C(N)=O. The number of hydrogen-bond donors (Lipinski definition) is 2. The molecule has 0 saturated carbocycles. The first-order chi connectivity index (χ1) is 8.65. The van der Waals surface area contributed by atoms with Crippen molar-refractivity contribution in [3.63, 3.8) is 0 Å². The summed E-state index contributed by atoms with van der Waals surface area (Å²) in [7, 11) is 0. The number of aryl methyl sites for hydroxylation is 1. The number of nitrogens with two attached hydrogens (primary N) is 1. The smallest absolute Gasteiger partial charge is 0.234 e. The van der Waals surface area contributed by atoms with Crippen molar-refractivity contribution in [2.45, 2.75) is 37.6 Å². The first-order valence-corrected chi connectivity index (χ1v) is 7.34. The van der Waals surface area contributed by atoms with Gasteiger partial charge in [0, 0.05) is 10.6 Å². The van der Waals surface area contributed by atoms with Gasteiger partial charge in [0.1, 0.15) is 0 Å². The molecular weight excluding hydrogens is 244 g/mol. The molecule has 1 aromatic carbocycles. The molecule has 0 fully saturated rings. The molecule has 0 bridgehead atoms. The third-order valence-corrected chi connectivity index (χ3v) is 3.95. The number of thioether (sulfide) groups is 1. The summed E-state index contributed by atoms with van der Waals surface area (Å²) in [6, 6.07) is 8.08. The average molecular weight is 266 g/mol. The molecule has 1 amide bonds. The third kappa shape index (κ3) is 5.10. The van der Waals surface area contributed by atoms with Crippen LogP contribution in [0.2, 0.25) is 0 Å². The number of primary amides is 1. The van der Waals surface area contributed by atoms with Crippen LogP contribution in [0.5, 0.6) is 0 Å². The number of carbonyl (C=O) groups excluding carboxylic acids is 1. The normalized spacial score (nSPS) is 12.3. The summed E-state index contributed by atoms with van der Waals surface area (Å²) >= 11 is 1.78. The van der Waals surface area contributed by atoms with E-state index in [9.17, 15) is 4.79 Å². The molecule has 1 atom stereocenters. The van der Waals surface area contributed by atoms with E-state index >= 15 is 0 Å². The average Bonchev–Trinajstić information content (AvgIpc) is 2.35. The third-order valence-electron chi connectivity index (χ3n) is 2.74. The summed E-state index contributed by atoms with van der Waals surface area (Å²) in [4.78, 5) is 12.5. The van der Waals surface area contributed by atoms with Gasteiger partial charge in [-0.15, -0.1) is 11.8 Å². The van der Waals surface area contributed by atoms with Crippen LogP contribution in [0.3, 0.4) is 0 Å². The molecule has 18 heavy (non-hydrogen) atoms. The van der Waals surface area contributed by atoms with Gasteiger partial charge < -0.3 is 11.1 Å².